The summed E-state index contributed by atoms with van der Waals surface area (Å²) in [5, 5.41) is 1.35. The van der Waals surface area contributed by atoms with Gasteiger partial charge in [0.15, 0.2) is 0 Å². The van der Waals surface area contributed by atoms with Crippen LogP contribution in [-0.4, -0.2) is 16.7 Å². The molecule has 3 aromatic carbocycles. The molecule has 0 spiro atoms. The molecule has 4 aromatic rings. The fraction of sp³-hybridized carbons (Fsp3) is 0.160. The Morgan fingerprint density at radius 2 is 1.69 bits per heavy atom. The number of halogens is 2. The molecule has 7 heteroatoms. The Bertz CT molecular complexity index is 1130. The summed E-state index contributed by atoms with van der Waals surface area (Å²) in [6.45, 7) is 0.809. The van der Waals surface area contributed by atoms with Crippen LogP contribution in [0.5, 0.6) is 5.75 Å². The van der Waals surface area contributed by atoms with E-state index in [9.17, 15) is 0 Å². The van der Waals surface area contributed by atoms with Gasteiger partial charge in [-0.15, -0.1) is 23.5 Å². The Hall–Kier alpha value is -2.05. The second-order valence-corrected chi connectivity index (χ2v) is 10.3. The van der Waals surface area contributed by atoms with Crippen molar-refractivity contribution < 1.29 is 4.74 Å². The van der Waals surface area contributed by atoms with Gasteiger partial charge in [0.25, 0.3) is 0 Å². The van der Waals surface area contributed by atoms with Crippen molar-refractivity contribution in [2.45, 2.75) is 27.3 Å². The molecule has 0 saturated carbocycles. The number of ether oxygens (including phenoxy) is 1. The van der Waals surface area contributed by atoms with Crippen LogP contribution in [-0.2, 0) is 12.3 Å². The summed E-state index contributed by atoms with van der Waals surface area (Å²) >= 11 is 15.9. The van der Waals surface area contributed by atoms with Crippen LogP contribution in [0.2, 0.25) is 10.0 Å². The Kier molecular flexibility index (Phi) is 8.09. The molecule has 0 bridgehead atoms. The molecule has 1 aromatic heterocycles. The van der Waals surface area contributed by atoms with Crippen molar-refractivity contribution in [3.05, 3.63) is 107 Å². The molecule has 0 N–H and O–H groups in total. The van der Waals surface area contributed by atoms with E-state index >= 15 is 0 Å². The largest absolute Gasteiger partial charge is 0.497 e. The third kappa shape index (κ3) is 6.26. The third-order valence-corrected chi connectivity index (χ3v) is 7.98. The maximum Gasteiger partial charge on any atom is 0.118 e. The zero-order valence-electron chi connectivity index (χ0n) is 17.4. The molecular weight excluding hydrogens is 479 g/mol. The number of nitrogens with zero attached hydrogens (tertiary/aromatic N) is 2. The number of methoxy groups -OCH3 is 1. The fourth-order valence-electron chi connectivity index (χ4n) is 3.18. The lowest BCUT2D eigenvalue weighted by Crippen LogP contribution is -2.05. The number of imidazole rings is 1. The summed E-state index contributed by atoms with van der Waals surface area (Å²) in [5.74, 6) is 1.80. The minimum atomic E-state index is 0.210. The number of aromatic nitrogens is 2. The van der Waals surface area contributed by atoms with Gasteiger partial charge in [0.2, 0.25) is 0 Å². The SMILES string of the molecule is COc1ccc(CSc2ccc(C(Cn3ccnc3)Sc3ccc(Cl)c(Cl)c3)cc2)cc1. The molecule has 0 aliphatic heterocycles. The standard InChI is InChI=1S/C25H22Cl2N2OS2/c1-30-20-6-2-18(3-7-20)16-31-21-8-4-19(5-9-21)25(15-29-13-12-28-17-29)32-22-10-11-23(26)24(27)14-22/h2-14,17,25H,15-16H2,1H3. The van der Waals surface area contributed by atoms with Gasteiger partial charge >= 0.3 is 0 Å². The first-order chi connectivity index (χ1) is 15.6. The molecule has 1 heterocycles. The first kappa shape index (κ1) is 23.1. The van der Waals surface area contributed by atoms with E-state index in [2.05, 4.69) is 45.9 Å². The Labute approximate surface area is 207 Å². The van der Waals surface area contributed by atoms with Crippen LogP contribution < -0.4 is 4.74 Å². The summed E-state index contributed by atoms with van der Waals surface area (Å²) in [6.07, 6.45) is 5.64. The molecule has 0 aliphatic rings. The quantitative estimate of drug-likeness (QED) is 0.217. The Balaban J connectivity index is 1.46. The highest BCUT2D eigenvalue weighted by atomic mass is 35.5. The van der Waals surface area contributed by atoms with E-state index in [4.69, 9.17) is 27.9 Å². The first-order valence-electron chi connectivity index (χ1n) is 10.0. The average Bonchev–Trinajstić information content (AvgIpc) is 3.33. The van der Waals surface area contributed by atoms with Gasteiger partial charge in [-0.3, -0.25) is 0 Å². The lowest BCUT2D eigenvalue weighted by atomic mass is 10.1. The third-order valence-electron chi connectivity index (χ3n) is 4.92. The number of thioether (sulfide) groups is 2. The predicted octanol–water partition coefficient (Wildman–Crippen LogP) is 8.02. The second-order valence-electron chi connectivity index (χ2n) is 7.15. The summed E-state index contributed by atoms with van der Waals surface area (Å²) in [5.41, 5.74) is 2.52. The van der Waals surface area contributed by atoms with Gasteiger partial charge in [-0.05, 0) is 53.6 Å². The lowest BCUT2D eigenvalue weighted by Gasteiger charge is -2.18. The summed E-state index contributed by atoms with van der Waals surface area (Å²) in [4.78, 5) is 6.51. The molecule has 0 radical (unpaired) electrons. The highest BCUT2D eigenvalue weighted by molar-refractivity contribution is 7.99. The topological polar surface area (TPSA) is 27.1 Å². The van der Waals surface area contributed by atoms with Crippen LogP contribution in [0.4, 0.5) is 0 Å². The van der Waals surface area contributed by atoms with Gasteiger partial charge in [-0.2, -0.15) is 0 Å². The van der Waals surface area contributed by atoms with Crippen LogP contribution in [0.25, 0.3) is 0 Å². The van der Waals surface area contributed by atoms with Gasteiger partial charge < -0.3 is 9.30 Å². The van der Waals surface area contributed by atoms with E-state index in [0.29, 0.717) is 10.0 Å². The van der Waals surface area contributed by atoms with Crippen molar-refractivity contribution in [3.63, 3.8) is 0 Å². The second kappa shape index (κ2) is 11.2. The molecule has 164 valence electrons. The van der Waals surface area contributed by atoms with E-state index in [1.54, 1.807) is 25.1 Å². The lowest BCUT2D eigenvalue weighted by molar-refractivity contribution is 0.414. The maximum absolute atomic E-state index is 6.24. The molecule has 0 fully saturated rings. The molecule has 0 amide bonds. The van der Waals surface area contributed by atoms with Gasteiger partial charge in [0.05, 0.1) is 28.7 Å². The van der Waals surface area contributed by atoms with E-state index in [0.717, 1.165) is 22.9 Å². The first-order valence-corrected chi connectivity index (χ1v) is 12.7. The van der Waals surface area contributed by atoms with Crippen molar-refractivity contribution >= 4 is 46.7 Å². The highest BCUT2D eigenvalue weighted by Crippen LogP contribution is 2.39. The van der Waals surface area contributed by atoms with Crippen molar-refractivity contribution in [2.75, 3.05) is 7.11 Å². The van der Waals surface area contributed by atoms with Gasteiger partial charge in [-0.1, -0.05) is 47.5 Å². The van der Waals surface area contributed by atoms with E-state index in [1.165, 1.54) is 16.0 Å². The molecule has 1 unspecified atom stereocenters. The molecule has 1 atom stereocenters. The zero-order chi connectivity index (χ0) is 22.3. The number of hydrogen-bond donors (Lipinski definition) is 0. The maximum atomic E-state index is 6.24. The van der Waals surface area contributed by atoms with E-state index in [-0.39, 0.29) is 5.25 Å². The molecule has 3 nitrogen and oxygen atoms in total. The number of rotatable bonds is 9. The number of hydrogen-bond acceptors (Lipinski definition) is 4. The minimum Gasteiger partial charge on any atom is -0.497 e. The van der Waals surface area contributed by atoms with Gasteiger partial charge in [0, 0.05) is 34.5 Å². The van der Waals surface area contributed by atoms with Gasteiger partial charge in [0.1, 0.15) is 5.75 Å². The molecule has 32 heavy (non-hydrogen) atoms. The molecule has 0 aliphatic carbocycles. The van der Waals surface area contributed by atoms with Crippen molar-refractivity contribution in [3.8, 4) is 5.75 Å². The molecule has 4 rings (SSSR count). The van der Waals surface area contributed by atoms with Crippen molar-refractivity contribution in [1.29, 1.82) is 0 Å². The Morgan fingerprint density at radius 1 is 0.938 bits per heavy atom. The average molecular weight is 502 g/mol. The van der Waals surface area contributed by atoms with E-state index in [1.807, 2.05) is 54.6 Å². The smallest absolute Gasteiger partial charge is 0.118 e. The van der Waals surface area contributed by atoms with Crippen LogP contribution in [0.3, 0.4) is 0 Å². The summed E-state index contributed by atoms with van der Waals surface area (Å²) < 4.78 is 7.33. The normalized spacial score (nSPS) is 12.0. The van der Waals surface area contributed by atoms with Crippen molar-refractivity contribution in [2.24, 2.45) is 0 Å². The van der Waals surface area contributed by atoms with E-state index < -0.39 is 0 Å². The number of benzene rings is 3. The van der Waals surface area contributed by atoms with Crippen LogP contribution in [0, 0.1) is 0 Å². The van der Waals surface area contributed by atoms with Crippen molar-refractivity contribution in [1.82, 2.24) is 9.55 Å². The monoisotopic (exact) mass is 500 g/mol. The fourth-order valence-corrected chi connectivity index (χ4v) is 5.60. The van der Waals surface area contributed by atoms with Crippen LogP contribution >= 0.6 is 46.7 Å². The summed E-state index contributed by atoms with van der Waals surface area (Å²) in [6, 6.07) is 22.8. The van der Waals surface area contributed by atoms with Crippen LogP contribution in [0.1, 0.15) is 16.4 Å². The minimum absolute atomic E-state index is 0.210. The van der Waals surface area contributed by atoms with Crippen LogP contribution in [0.15, 0.2) is 95.2 Å². The summed E-state index contributed by atoms with van der Waals surface area (Å²) in [7, 11) is 1.69. The highest BCUT2D eigenvalue weighted by Gasteiger charge is 2.15. The van der Waals surface area contributed by atoms with Gasteiger partial charge in [-0.25, -0.2) is 4.98 Å². The Morgan fingerprint density at radius 3 is 2.34 bits per heavy atom. The molecule has 0 saturated heterocycles. The predicted molar refractivity (Wildman–Crippen MR) is 136 cm³/mol. The zero-order valence-corrected chi connectivity index (χ0v) is 20.6. The molecular formula is C25H22Cl2N2OS2.